The molecule has 0 fully saturated rings. The molecule has 0 bridgehead atoms. The molecule has 0 radical (unpaired) electrons. The van der Waals surface area contributed by atoms with E-state index in [2.05, 4.69) is 41.1 Å². The molecule has 0 atom stereocenters. The molecule has 0 amide bonds. The van der Waals surface area contributed by atoms with Crippen LogP contribution in [0.15, 0.2) is 48.7 Å². The van der Waals surface area contributed by atoms with E-state index in [4.69, 9.17) is 10.5 Å². The summed E-state index contributed by atoms with van der Waals surface area (Å²) in [6.45, 7) is 1.78. The maximum absolute atomic E-state index is 6.01. The number of fused-ring (bicyclic) bond motifs is 2. The number of nitrogens with two attached hydrogens (primary N) is 1. The molecule has 0 spiro atoms. The molecule has 106 valence electrons. The van der Waals surface area contributed by atoms with Crippen LogP contribution >= 0.6 is 0 Å². The van der Waals surface area contributed by atoms with Gasteiger partial charge in [0, 0.05) is 30.2 Å². The van der Waals surface area contributed by atoms with Crippen LogP contribution in [0.25, 0.3) is 10.9 Å². The maximum atomic E-state index is 6.01. The highest BCUT2D eigenvalue weighted by atomic mass is 16.5. The Balaban J connectivity index is 1.57. The van der Waals surface area contributed by atoms with Gasteiger partial charge < -0.3 is 15.0 Å². The van der Waals surface area contributed by atoms with Crippen molar-refractivity contribution in [2.24, 2.45) is 0 Å². The highest BCUT2D eigenvalue weighted by Gasteiger charge is 2.12. The molecule has 1 aliphatic heterocycles. The van der Waals surface area contributed by atoms with E-state index in [1.54, 1.807) is 0 Å². The van der Waals surface area contributed by atoms with Gasteiger partial charge in [-0.3, -0.25) is 0 Å². The highest BCUT2D eigenvalue weighted by Crippen LogP contribution is 2.27. The number of nitrogen functional groups attached to an aromatic ring is 1. The first-order chi connectivity index (χ1) is 10.3. The second-order valence-electron chi connectivity index (χ2n) is 5.58. The molecular weight excluding hydrogens is 260 g/mol. The lowest BCUT2D eigenvalue weighted by Gasteiger charge is -2.07. The fourth-order valence-corrected chi connectivity index (χ4v) is 3.09. The molecule has 3 heteroatoms. The zero-order chi connectivity index (χ0) is 14.2. The van der Waals surface area contributed by atoms with Gasteiger partial charge in [0.15, 0.2) is 0 Å². The predicted molar refractivity (Wildman–Crippen MR) is 85.7 cm³/mol. The summed E-state index contributed by atoms with van der Waals surface area (Å²) in [4.78, 5) is 0. The molecule has 2 N–H and O–H groups in total. The van der Waals surface area contributed by atoms with Gasteiger partial charge >= 0.3 is 0 Å². The van der Waals surface area contributed by atoms with Crippen LogP contribution in [0.2, 0.25) is 0 Å². The molecule has 2 heterocycles. The number of ether oxygens (including phenoxy) is 1. The van der Waals surface area contributed by atoms with Crippen molar-refractivity contribution in [2.75, 3.05) is 12.3 Å². The number of benzene rings is 2. The van der Waals surface area contributed by atoms with Crippen molar-refractivity contribution in [3.63, 3.8) is 0 Å². The maximum Gasteiger partial charge on any atom is 0.122 e. The summed E-state index contributed by atoms with van der Waals surface area (Å²) in [6, 6.07) is 14.7. The average molecular weight is 278 g/mol. The number of aryl methyl sites for hydroxylation is 2. The van der Waals surface area contributed by atoms with Crippen LogP contribution < -0.4 is 10.5 Å². The Morgan fingerprint density at radius 2 is 2.10 bits per heavy atom. The second kappa shape index (κ2) is 4.85. The van der Waals surface area contributed by atoms with Crippen LogP contribution in [0.1, 0.15) is 11.1 Å². The smallest absolute Gasteiger partial charge is 0.122 e. The third-order valence-electron chi connectivity index (χ3n) is 4.24. The van der Waals surface area contributed by atoms with E-state index in [-0.39, 0.29) is 0 Å². The third kappa shape index (κ3) is 2.15. The Bertz CT molecular complexity index is 804. The molecule has 2 aromatic carbocycles. The van der Waals surface area contributed by atoms with Crippen LogP contribution in [-0.2, 0) is 19.4 Å². The summed E-state index contributed by atoms with van der Waals surface area (Å²) in [5.74, 6) is 1.05. The Kier molecular flexibility index (Phi) is 2.85. The van der Waals surface area contributed by atoms with E-state index in [1.807, 2.05) is 12.1 Å². The molecule has 1 aliphatic rings. The minimum Gasteiger partial charge on any atom is -0.493 e. The Hall–Kier alpha value is -2.42. The lowest BCUT2D eigenvalue weighted by atomic mass is 10.1. The van der Waals surface area contributed by atoms with Crippen LogP contribution in [0, 0.1) is 0 Å². The van der Waals surface area contributed by atoms with Crippen molar-refractivity contribution in [3.05, 3.63) is 59.8 Å². The van der Waals surface area contributed by atoms with E-state index < -0.39 is 0 Å². The first kappa shape index (κ1) is 12.3. The summed E-state index contributed by atoms with van der Waals surface area (Å²) in [5.41, 5.74) is 10.8. The number of anilines is 1. The fourth-order valence-electron chi connectivity index (χ4n) is 3.09. The lowest BCUT2D eigenvalue weighted by molar-refractivity contribution is 0.357. The SMILES string of the molecule is Nc1cccc2c1ccn2CCc1ccc2c(c1)CCO2. The molecular formula is C18H18N2O. The number of rotatable bonds is 3. The van der Waals surface area contributed by atoms with Crippen LogP contribution in [0.4, 0.5) is 5.69 Å². The van der Waals surface area contributed by atoms with Gasteiger partial charge in [0.1, 0.15) is 5.75 Å². The average Bonchev–Trinajstić information content (AvgIpc) is 3.12. The standard InChI is InChI=1S/C18H18N2O/c19-16-2-1-3-17-15(16)7-10-20(17)9-6-13-4-5-18-14(12-13)8-11-21-18/h1-5,7,10,12H,6,8-9,11,19H2. The topological polar surface area (TPSA) is 40.2 Å². The van der Waals surface area contributed by atoms with Gasteiger partial charge in [0.2, 0.25) is 0 Å². The molecule has 3 nitrogen and oxygen atoms in total. The third-order valence-corrected chi connectivity index (χ3v) is 4.24. The lowest BCUT2D eigenvalue weighted by Crippen LogP contribution is -2.00. The quantitative estimate of drug-likeness (QED) is 0.746. The zero-order valence-electron chi connectivity index (χ0n) is 11.9. The first-order valence-corrected chi connectivity index (χ1v) is 7.39. The van der Waals surface area contributed by atoms with Gasteiger partial charge in [-0.1, -0.05) is 18.2 Å². The summed E-state index contributed by atoms with van der Waals surface area (Å²) in [6.07, 6.45) is 4.18. The number of nitrogens with zero attached hydrogens (tertiary/aromatic N) is 1. The van der Waals surface area contributed by atoms with Crippen LogP contribution in [-0.4, -0.2) is 11.2 Å². The molecule has 21 heavy (non-hydrogen) atoms. The second-order valence-corrected chi connectivity index (χ2v) is 5.58. The van der Waals surface area contributed by atoms with Crippen molar-refractivity contribution in [1.29, 1.82) is 0 Å². The Labute approximate surface area is 123 Å². The van der Waals surface area contributed by atoms with Crippen molar-refractivity contribution in [1.82, 2.24) is 4.57 Å². The summed E-state index contributed by atoms with van der Waals surface area (Å²) in [5, 5.41) is 1.14. The highest BCUT2D eigenvalue weighted by molar-refractivity contribution is 5.91. The number of hydrogen-bond donors (Lipinski definition) is 1. The molecule has 1 aromatic heterocycles. The van der Waals surface area contributed by atoms with Crippen molar-refractivity contribution < 1.29 is 4.74 Å². The van der Waals surface area contributed by atoms with Crippen LogP contribution in [0.3, 0.4) is 0 Å². The minimum atomic E-state index is 0.820. The normalized spacial score (nSPS) is 13.3. The molecule has 3 aromatic rings. The van der Waals surface area contributed by atoms with E-state index in [0.717, 1.165) is 42.8 Å². The Morgan fingerprint density at radius 3 is 3.05 bits per heavy atom. The Morgan fingerprint density at radius 1 is 1.14 bits per heavy atom. The summed E-state index contributed by atoms with van der Waals surface area (Å²) < 4.78 is 7.83. The molecule has 4 rings (SSSR count). The summed E-state index contributed by atoms with van der Waals surface area (Å²) >= 11 is 0. The first-order valence-electron chi connectivity index (χ1n) is 7.39. The zero-order valence-corrected chi connectivity index (χ0v) is 11.9. The van der Waals surface area contributed by atoms with E-state index in [9.17, 15) is 0 Å². The van der Waals surface area contributed by atoms with Gasteiger partial charge in [-0.05, 0) is 41.8 Å². The van der Waals surface area contributed by atoms with Gasteiger partial charge in [-0.25, -0.2) is 0 Å². The predicted octanol–water partition coefficient (Wildman–Crippen LogP) is 3.40. The van der Waals surface area contributed by atoms with Crippen molar-refractivity contribution in [3.8, 4) is 5.75 Å². The monoisotopic (exact) mass is 278 g/mol. The molecule has 0 unspecified atom stereocenters. The molecule has 0 saturated heterocycles. The number of hydrogen-bond acceptors (Lipinski definition) is 2. The van der Waals surface area contributed by atoms with Crippen molar-refractivity contribution >= 4 is 16.6 Å². The largest absolute Gasteiger partial charge is 0.493 e. The van der Waals surface area contributed by atoms with Crippen molar-refractivity contribution in [2.45, 2.75) is 19.4 Å². The van der Waals surface area contributed by atoms with E-state index >= 15 is 0 Å². The van der Waals surface area contributed by atoms with Crippen LogP contribution in [0.5, 0.6) is 5.75 Å². The molecule has 0 saturated carbocycles. The van der Waals surface area contributed by atoms with Gasteiger partial charge in [0.05, 0.1) is 12.1 Å². The van der Waals surface area contributed by atoms with Gasteiger partial charge in [0.25, 0.3) is 0 Å². The van der Waals surface area contributed by atoms with Gasteiger partial charge in [-0.15, -0.1) is 0 Å². The van der Waals surface area contributed by atoms with E-state index in [0.29, 0.717) is 0 Å². The summed E-state index contributed by atoms with van der Waals surface area (Å²) in [7, 11) is 0. The van der Waals surface area contributed by atoms with Gasteiger partial charge in [-0.2, -0.15) is 0 Å². The fraction of sp³-hybridized carbons (Fsp3) is 0.222. The number of aromatic nitrogens is 1. The molecule has 0 aliphatic carbocycles. The minimum absolute atomic E-state index is 0.820. The van der Waals surface area contributed by atoms with E-state index in [1.165, 1.54) is 16.6 Å².